The number of anilines is 1. The van der Waals surface area contributed by atoms with Gasteiger partial charge in [0.1, 0.15) is 22.0 Å². The molecule has 7 nitrogen and oxygen atoms in total. The molecular formula is C13H14N2O5S. The number of aromatic carboxylic acids is 1. The topological polar surface area (TPSA) is 123 Å². The minimum atomic E-state index is -3.84. The minimum absolute atomic E-state index is 0.0354. The van der Waals surface area contributed by atoms with E-state index in [0.717, 1.165) is 0 Å². The number of para-hydroxylation sites is 1. The average Bonchev–Trinajstić information content (AvgIpc) is 2.77. The van der Waals surface area contributed by atoms with Gasteiger partial charge in [-0.05, 0) is 25.1 Å². The molecular weight excluding hydrogens is 296 g/mol. The van der Waals surface area contributed by atoms with Crippen molar-refractivity contribution in [2.24, 2.45) is 5.14 Å². The Labute approximate surface area is 121 Å². The van der Waals surface area contributed by atoms with E-state index in [9.17, 15) is 13.2 Å². The quantitative estimate of drug-likeness (QED) is 0.770. The van der Waals surface area contributed by atoms with Crippen molar-refractivity contribution < 1.29 is 22.7 Å². The van der Waals surface area contributed by atoms with Crippen LogP contribution in [0.3, 0.4) is 0 Å². The Bertz CT molecular complexity index is 780. The van der Waals surface area contributed by atoms with Crippen molar-refractivity contribution in [2.45, 2.75) is 18.4 Å². The average molecular weight is 310 g/mol. The predicted octanol–water partition coefficient (Wildman–Crippen LogP) is 1.55. The molecule has 8 heteroatoms. The van der Waals surface area contributed by atoms with E-state index in [2.05, 4.69) is 5.32 Å². The lowest BCUT2D eigenvalue weighted by atomic mass is 10.2. The standard InChI is InChI=1S/C13H14N2O5S/c1-8-10(13(16)17)6-9(20-8)7-15-11-4-2-3-5-12(11)21(14,18)19/h2-6,15H,7H2,1H3,(H,16,17)(H2,14,18,19). The van der Waals surface area contributed by atoms with Crippen LogP contribution in [0.2, 0.25) is 0 Å². The van der Waals surface area contributed by atoms with Gasteiger partial charge in [0.05, 0.1) is 12.2 Å². The fraction of sp³-hybridized carbons (Fsp3) is 0.154. The first-order valence-electron chi connectivity index (χ1n) is 5.97. The van der Waals surface area contributed by atoms with Crippen LogP contribution in [0.25, 0.3) is 0 Å². The van der Waals surface area contributed by atoms with Crippen LogP contribution >= 0.6 is 0 Å². The summed E-state index contributed by atoms with van der Waals surface area (Å²) in [6.45, 7) is 1.69. The van der Waals surface area contributed by atoms with Crippen molar-refractivity contribution >= 4 is 21.7 Å². The van der Waals surface area contributed by atoms with Gasteiger partial charge in [0, 0.05) is 0 Å². The number of benzene rings is 1. The lowest BCUT2D eigenvalue weighted by Crippen LogP contribution is -2.14. The monoisotopic (exact) mass is 310 g/mol. The first-order valence-corrected chi connectivity index (χ1v) is 7.52. The molecule has 2 rings (SSSR count). The molecule has 4 N–H and O–H groups in total. The number of nitrogens with one attached hydrogen (secondary N) is 1. The van der Waals surface area contributed by atoms with Crippen LogP contribution in [0.4, 0.5) is 5.69 Å². The molecule has 0 bridgehead atoms. The van der Waals surface area contributed by atoms with Crippen LogP contribution in [-0.2, 0) is 16.6 Å². The van der Waals surface area contributed by atoms with Crippen molar-refractivity contribution in [1.82, 2.24) is 0 Å². The van der Waals surface area contributed by atoms with Crippen LogP contribution in [-0.4, -0.2) is 19.5 Å². The third kappa shape index (κ3) is 3.41. The number of rotatable bonds is 5. The third-order valence-electron chi connectivity index (χ3n) is 2.85. The second-order valence-electron chi connectivity index (χ2n) is 4.38. The Morgan fingerprint density at radius 2 is 2.05 bits per heavy atom. The van der Waals surface area contributed by atoms with Crippen LogP contribution in [0.1, 0.15) is 21.9 Å². The molecule has 1 aromatic carbocycles. The number of carboxylic acids is 1. The van der Waals surface area contributed by atoms with Gasteiger partial charge in [0.15, 0.2) is 0 Å². The van der Waals surface area contributed by atoms with E-state index in [0.29, 0.717) is 17.2 Å². The Kier molecular flexibility index (Phi) is 4.01. The smallest absolute Gasteiger partial charge is 0.339 e. The van der Waals surface area contributed by atoms with Gasteiger partial charge in [-0.2, -0.15) is 0 Å². The molecule has 21 heavy (non-hydrogen) atoms. The van der Waals surface area contributed by atoms with E-state index >= 15 is 0 Å². The number of furan rings is 1. The molecule has 0 aliphatic carbocycles. The first kappa shape index (κ1) is 15.1. The molecule has 0 saturated heterocycles. The van der Waals surface area contributed by atoms with Crippen LogP contribution < -0.4 is 10.5 Å². The Balaban J connectivity index is 2.21. The summed E-state index contributed by atoms with van der Waals surface area (Å²) in [4.78, 5) is 10.9. The first-order chi connectivity index (χ1) is 9.79. The van der Waals surface area contributed by atoms with E-state index in [4.69, 9.17) is 14.7 Å². The van der Waals surface area contributed by atoms with Gasteiger partial charge in [-0.1, -0.05) is 12.1 Å². The number of carboxylic acid groups (broad SMARTS) is 1. The second kappa shape index (κ2) is 5.58. The maximum atomic E-state index is 11.4. The highest BCUT2D eigenvalue weighted by atomic mass is 32.2. The summed E-state index contributed by atoms with van der Waals surface area (Å²) in [5.74, 6) is -0.402. The summed E-state index contributed by atoms with van der Waals surface area (Å²) in [7, 11) is -3.84. The van der Waals surface area contributed by atoms with Crippen molar-refractivity contribution in [3.05, 3.63) is 47.4 Å². The molecule has 0 amide bonds. The molecule has 1 aromatic heterocycles. The highest BCUT2D eigenvalue weighted by molar-refractivity contribution is 7.89. The fourth-order valence-corrected chi connectivity index (χ4v) is 2.60. The maximum Gasteiger partial charge on any atom is 0.339 e. The van der Waals surface area contributed by atoms with Crippen LogP contribution in [0, 0.1) is 6.92 Å². The number of hydrogen-bond donors (Lipinski definition) is 3. The Morgan fingerprint density at radius 3 is 2.62 bits per heavy atom. The van der Waals surface area contributed by atoms with Crippen molar-refractivity contribution in [2.75, 3.05) is 5.32 Å². The molecule has 2 aromatic rings. The van der Waals surface area contributed by atoms with Gasteiger partial charge >= 0.3 is 5.97 Å². The summed E-state index contributed by atoms with van der Waals surface area (Å²) in [5.41, 5.74) is 0.400. The Morgan fingerprint density at radius 1 is 1.38 bits per heavy atom. The minimum Gasteiger partial charge on any atom is -0.478 e. The zero-order chi connectivity index (χ0) is 15.6. The molecule has 0 saturated carbocycles. The zero-order valence-corrected chi connectivity index (χ0v) is 12.0. The van der Waals surface area contributed by atoms with Gasteiger partial charge in [-0.3, -0.25) is 0 Å². The highest BCUT2D eigenvalue weighted by Crippen LogP contribution is 2.21. The fourth-order valence-electron chi connectivity index (χ4n) is 1.89. The second-order valence-corrected chi connectivity index (χ2v) is 5.91. The highest BCUT2D eigenvalue weighted by Gasteiger charge is 2.15. The zero-order valence-electron chi connectivity index (χ0n) is 11.2. The predicted molar refractivity (Wildman–Crippen MR) is 75.5 cm³/mol. The summed E-state index contributed by atoms with van der Waals surface area (Å²) in [5, 5.41) is 16.9. The van der Waals surface area contributed by atoms with E-state index in [-0.39, 0.29) is 17.0 Å². The van der Waals surface area contributed by atoms with E-state index in [1.165, 1.54) is 12.1 Å². The number of carbonyl (C=O) groups is 1. The molecule has 0 spiro atoms. The number of primary sulfonamides is 1. The molecule has 0 atom stereocenters. The van der Waals surface area contributed by atoms with Gasteiger partial charge in [-0.25, -0.2) is 18.4 Å². The number of aryl methyl sites for hydroxylation is 1. The summed E-state index contributed by atoms with van der Waals surface area (Å²) in [6.07, 6.45) is 0. The van der Waals surface area contributed by atoms with Crippen LogP contribution in [0.15, 0.2) is 39.6 Å². The summed E-state index contributed by atoms with van der Waals surface area (Å²) >= 11 is 0. The van der Waals surface area contributed by atoms with Gasteiger partial charge in [0.25, 0.3) is 0 Å². The summed E-state index contributed by atoms with van der Waals surface area (Å²) < 4.78 is 28.2. The van der Waals surface area contributed by atoms with E-state index in [1.807, 2.05) is 0 Å². The van der Waals surface area contributed by atoms with Crippen molar-refractivity contribution in [3.63, 3.8) is 0 Å². The maximum absolute atomic E-state index is 11.4. The van der Waals surface area contributed by atoms with E-state index < -0.39 is 16.0 Å². The van der Waals surface area contributed by atoms with E-state index in [1.54, 1.807) is 25.1 Å². The van der Waals surface area contributed by atoms with Crippen molar-refractivity contribution in [1.29, 1.82) is 0 Å². The molecule has 0 unspecified atom stereocenters. The SMILES string of the molecule is Cc1oc(CNc2ccccc2S(N)(=O)=O)cc1C(=O)O. The normalized spacial score (nSPS) is 11.3. The molecule has 0 aliphatic rings. The van der Waals surface area contributed by atoms with Gasteiger partial charge < -0.3 is 14.8 Å². The van der Waals surface area contributed by atoms with Crippen LogP contribution in [0.5, 0.6) is 0 Å². The number of sulfonamides is 1. The lowest BCUT2D eigenvalue weighted by Gasteiger charge is -2.09. The number of hydrogen-bond acceptors (Lipinski definition) is 5. The number of nitrogens with two attached hydrogens (primary N) is 1. The molecule has 0 aliphatic heterocycles. The van der Waals surface area contributed by atoms with Crippen molar-refractivity contribution in [3.8, 4) is 0 Å². The molecule has 0 fully saturated rings. The third-order valence-corrected chi connectivity index (χ3v) is 3.81. The van der Waals surface area contributed by atoms with Gasteiger partial charge in [0.2, 0.25) is 10.0 Å². The molecule has 112 valence electrons. The molecule has 0 radical (unpaired) electrons. The van der Waals surface area contributed by atoms with Gasteiger partial charge in [-0.15, -0.1) is 0 Å². The lowest BCUT2D eigenvalue weighted by molar-refractivity contribution is 0.0695. The molecule has 1 heterocycles. The Hall–Kier alpha value is -2.32. The largest absolute Gasteiger partial charge is 0.478 e. The summed E-state index contributed by atoms with van der Waals surface area (Å²) in [6, 6.07) is 7.56.